The van der Waals surface area contributed by atoms with E-state index in [0.29, 0.717) is 12.1 Å². The third kappa shape index (κ3) is 6.91. The second kappa shape index (κ2) is 7.11. The van der Waals surface area contributed by atoms with Crippen LogP contribution in [0.3, 0.4) is 0 Å². The van der Waals surface area contributed by atoms with E-state index in [0.717, 1.165) is 17.4 Å². The Hall–Kier alpha value is -1.60. The predicted molar refractivity (Wildman–Crippen MR) is 85.5 cm³/mol. The van der Waals surface area contributed by atoms with Gasteiger partial charge in [-0.2, -0.15) is 8.42 Å². The molecule has 7 heteroatoms. The molecule has 22 heavy (non-hydrogen) atoms. The smallest absolute Gasteiger partial charge is 0.412 e. The number of benzene rings is 1. The third-order valence-corrected chi connectivity index (χ3v) is 3.35. The Kier molecular flexibility index (Phi) is 5.96. The van der Waals surface area contributed by atoms with Gasteiger partial charge in [0.25, 0.3) is 10.1 Å². The lowest BCUT2D eigenvalue weighted by Crippen LogP contribution is -2.27. The number of rotatable bonds is 5. The summed E-state index contributed by atoms with van der Waals surface area (Å²) in [5.41, 5.74) is 1.81. The normalized spacial score (nSPS) is 12.0. The van der Waals surface area contributed by atoms with E-state index in [1.807, 2.05) is 13.0 Å². The molecule has 6 nitrogen and oxygen atoms in total. The highest BCUT2D eigenvalue weighted by Crippen LogP contribution is 2.20. The average Bonchev–Trinajstić information content (AvgIpc) is 2.30. The van der Waals surface area contributed by atoms with Crippen molar-refractivity contribution in [3.8, 4) is 0 Å². The molecule has 0 aromatic heterocycles. The molecule has 0 aliphatic rings. The van der Waals surface area contributed by atoms with Crippen LogP contribution in [-0.2, 0) is 25.5 Å². The minimum atomic E-state index is -3.45. The van der Waals surface area contributed by atoms with Gasteiger partial charge in [-0.25, -0.2) is 4.79 Å². The van der Waals surface area contributed by atoms with Gasteiger partial charge in [-0.15, -0.1) is 0 Å². The Labute approximate surface area is 131 Å². The Morgan fingerprint density at radius 2 is 1.91 bits per heavy atom. The fourth-order valence-corrected chi connectivity index (χ4v) is 2.19. The highest BCUT2D eigenvalue weighted by atomic mass is 32.2. The zero-order valence-corrected chi connectivity index (χ0v) is 14.4. The van der Waals surface area contributed by atoms with Crippen molar-refractivity contribution in [2.45, 2.75) is 39.7 Å². The molecule has 124 valence electrons. The van der Waals surface area contributed by atoms with Gasteiger partial charge in [0.1, 0.15) is 5.60 Å². The number of hydrogen-bond donors (Lipinski definition) is 1. The minimum Gasteiger partial charge on any atom is -0.444 e. The first-order valence-corrected chi connectivity index (χ1v) is 8.72. The molecule has 0 radical (unpaired) electrons. The number of ether oxygens (including phenoxy) is 1. The number of nitrogens with one attached hydrogen (secondary N) is 1. The Morgan fingerprint density at radius 3 is 2.45 bits per heavy atom. The van der Waals surface area contributed by atoms with Gasteiger partial charge in [-0.3, -0.25) is 9.50 Å². The molecule has 1 aromatic rings. The summed E-state index contributed by atoms with van der Waals surface area (Å²) in [5, 5.41) is 2.69. The molecule has 0 saturated carbocycles. The quantitative estimate of drug-likeness (QED) is 0.840. The molecule has 0 atom stereocenters. The topological polar surface area (TPSA) is 81.7 Å². The first kappa shape index (κ1) is 18.4. The molecule has 0 unspecified atom stereocenters. The van der Waals surface area contributed by atoms with E-state index >= 15 is 0 Å². The van der Waals surface area contributed by atoms with Crippen LogP contribution < -0.4 is 5.32 Å². The SMILES string of the molecule is Cc1c(CCOS(C)(=O)=O)cccc1NC(=O)OC(C)(C)C. The minimum absolute atomic E-state index is 0.0650. The highest BCUT2D eigenvalue weighted by molar-refractivity contribution is 7.85. The molecule has 0 aliphatic carbocycles. The van der Waals surface area contributed by atoms with Gasteiger partial charge in [0.05, 0.1) is 12.9 Å². The van der Waals surface area contributed by atoms with Crippen LogP contribution in [0.1, 0.15) is 31.9 Å². The van der Waals surface area contributed by atoms with Crippen molar-refractivity contribution in [3.63, 3.8) is 0 Å². The molecule has 0 saturated heterocycles. The third-order valence-electron chi connectivity index (χ3n) is 2.75. The maximum Gasteiger partial charge on any atom is 0.412 e. The van der Waals surface area contributed by atoms with Gasteiger partial charge in [0.15, 0.2) is 0 Å². The summed E-state index contributed by atoms with van der Waals surface area (Å²) >= 11 is 0. The number of carbonyl (C=O) groups is 1. The summed E-state index contributed by atoms with van der Waals surface area (Å²) in [7, 11) is -3.45. The molecule has 0 fully saturated rings. The van der Waals surface area contributed by atoms with Gasteiger partial charge in [-0.1, -0.05) is 12.1 Å². The van der Waals surface area contributed by atoms with Crippen LogP contribution in [0.15, 0.2) is 18.2 Å². The number of hydrogen-bond acceptors (Lipinski definition) is 5. The van der Waals surface area contributed by atoms with Gasteiger partial charge < -0.3 is 4.74 Å². The zero-order chi connectivity index (χ0) is 17.0. The molecule has 0 aliphatic heterocycles. The monoisotopic (exact) mass is 329 g/mol. The van der Waals surface area contributed by atoms with Gasteiger partial charge >= 0.3 is 6.09 Å². The van der Waals surface area contributed by atoms with E-state index < -0.39 is 21.8 Å². The summed E-state index contributed by atoms with van der Waals surface area (Å²) in [6.45, 7) is 7.28. The Bertz CT molecular complexity index is 632. The average molecular weight is 329 g/mol. The van der Waals surface area contributed by atoms with Crippen LogP contribution in [0.25, 0.3) is 0 Å². The second-order valence-electron chi connectivity index (χ2n) is 5.99. The van der Waals surface area contributed by atoms with Crippen molar-refractivity contribution in [1.82, 2.24) is 0 Å². The summed E-state index contributed by atoms with van der Waals surface area (Å²) in [6.07, 6.45) is 0.920. The summed E-state index contributed by atoms with van der Waals surface area (Å²) in [5.74, 6) is 0. The lowest BCUT2D eigenvalue weighted by Gasteiger charge is -2.20. The first-order chi connectivity index (χ1) is 9.98. The predicted octanol–water partition coefficient (Wildman–Crippen LogP) is 2.86. The van der Waals surface area contributed by atoms with Gasteiger partial charge in [0.2, 0.25) is 0 Å². The van der Waals surface area contributed by atoms with Crippen molar-refractivity contribution >= 4 is 21.9 Å². The van der Waals surface area contributed by atoms with Crippen LogP contribution in [0, 0.1) is 6.92 Å². The lowest BCUT2D eigenvalue weighted by molar-refractivity contribution is 0.0636. The maximum absolute atomic E-state index is 11.8. The van der Waals surface area contributed by atoms with E-state index in [4.69, 9.17) is 8.92 Å². The zero-order valence-electron chi connectivity index (χ0n) is 13.6. The molecular weight excluding hydrogens is 306 g/mol. The Balaban J connectivity index is 2.74. The van der Waals surface area contributed by atoms with Gasteiger partial charge in [-0.05, 0) is 51.3 Å². The van der Waals surface area contributed by atoms with Crippen molar-refractivity contribution < 1.29 is 22.1 Å². The fraction of sp³-hybridized carbons (Fsp3) is 0.533. The number of anilines is 1. The summed E-state index contributed by atoms with van der Waals surface area (Å²) in [6, 6.07) is 5.41. The van der Waals surface area contributed by atoms with Crippen LogP contribution >= 0.6 is 0 Å². The van der Waals surface area contributed by atoms with Crippen LogP contribution in [0.5, 0.6) is 0 Å². The molecule has 0 spiro atoms. The lowest BCUT2D eigenvalue weighted by atomic mass is 10.0. The largest absolute Gasteiger partial charge is 0.444 e. The van der Waals surface area contributed by atoms with Crippen LogP contribution in [0.2, 0.25) is 0 Å². The fourth-order valence-electron chi connectivity index (χ4n) is 1.81. The van der Waals surface area contributed by atoms with Crippen molar-refractivity contribution in [2.24, 2.45) is 0 Å². The van der Waals surface area contributed by atoms with Crippen molar-refractivity contribution in [2.75, 3.05) is 18.2 Å². The highest BCUT2D eigenvalue weighted by Gasteiger charge is 2.17. The van der Waals surface area contributed by atoms with E-state index in [2.05, 4.69) is 5.32 Å². The first-order valence-electron chi connectivity index (χ1n) is 6.91. The molecule has 1 rings (SSSR count). The number of amides is 1. The molecule has 1 amide bonds. The maximum atomic E-state index is 11.8. The van der Waals surface area contributed by atoms with E-state index in [-0.39, 0.29) is 6.61 Å². The van der Waals surface area contributed by atoms with Crippen LogP contribution in [-0.4, -0.2) is 33.0 Å². The molecule has 0 bridgehead atoms. The second-order valence-corrected chi connectivity index (χ2v) is 7.64. The molecule has 0 heterocycles. The van der Waals surface area contributed by atoms with E-state index in [1.54, 1.807) is 32.9 Å². The number of carbonyl (C=O) groups excluding carboxylic acids is 1. The van der Waals surface area contributed by atoms with Crippen LogP contribution in [0.4, 0.5) is 10.5 Å². The van der Waals surface area contributed by atoms with Crippen molar-refractivity contribution in [3.05, 3.63) is 29.3 Å². The van der Waals surface area contributed by atoms with Gasteiger partial charge in [0, 0.05) is 5.69 Å². The molecular formula is C15H23NO5S. The summed E-state index contributed by atoms with van der Waals surface area (Å²) in [4.78, 5) is 11.8. The van der Waals surface area contributed by atoms with Crippen molar-refractivity contribution in [1.29, 1.82) is 0 Å². The summed E-state index contributed by atoms with van der Waals surface area (Å²) < 4.78 is 31.9. The standard InChI is InChI=1S/C15H23NO5S/c1-11-12(9-10-20-22(5,18)19)7-6-8-13(11)16-14(17)21-15(2,3)4/h6-8H,9-10H2,1-5H3,(H,16,17). The van der Waals surface area contributed by atoms with E-state index in [9.17, 15) is 13.2 Å². The van der Waals surface area contributed by atoms with E-state index in [1.165, 1.54) is 0 Å². The molecule has 1 aromatic carbocycles. The Morgan fingerprint density at radius 1 is 1.27 bits per heavy atom. The molecule has 1 N–H and O–H groups in total.